The molecule has 0 saturated heterocycles. The molecule has 37 heavy (non-hydrogen) atoms. The summed E-state index contributed by atoms with van der Waals surface area (Å²) in [5, 5.41) is 22.4. The summed E-state index contributed by atoms with van der Waals surface area (Å²) in [5.41, 5.74) is 2.12. The van der Waals surface area contributed by atoms with Crippen LogP contribution in [-0.4, -0.2) is 26.0 Å². The fraction of sp³-hybridized carbons (Fsp3) is 0.529. The van der Waals surface area contributed by atoms with Crippen LogP contribution in [0.4, 0.5) is 0 Å². The van der Waals surface area contributed by atoms with Crippen molar-refractivity contribution in [3.8, 4) is 23.7 Å². The van der Waals surface area contributed by atoms with Crippen LogP contribution in [0.1, 0.15) is 110 Å². The molecule has 2 aromatic carbocycles. The number of hydrogen-bond donors (Lipinski definition) is 2. The third-order valence-corrected chi connectivity index (χ3v) is 6.63. The molecule has 0 spiro atoms. The molecule has 0 bridgehead atoms. The first-order valence-electron chi connectivity index (χ1n) is 14.1. The van der Waals surface area contributed by atoms with Gasteiger partial charge in [0, 0.05) is 39.5 Å². The van der Waals surface area contributed by atoms with Crippen molar-refractivity contribution in [2.24, 2.45) is 0 Å². The van der Waals surface area contributed by atoms with E-state index in [1.165, 1.54) is 68.8 Å². The Kier molecular flexibility index (Phi) is 10.3. The zero-order valence-corrected chi connectivity index (χ0v) is 23.6. The van der Waals surface area contributed by atoms with Crippen LogP contribution in [0, 0.1) is 23.7 Å². The van der Waals surface area contributed by atoms with Crippen LogP contribution < -0.4 is 0 Å². The van der Waals surface area contributed by atoms with Crippen molar-refractivity contribution in [3.63, 3.8) is 0 Å². The molecule has 0 fully saturated rings. The van der Waals surface area contributed by atoms with E-state index in [9.17, 15) is 10.2 Å². The summed E-state index contributed by atoms with van der Waals surface area (Å²) in [6, 6.07) is 12.6. The lowest BCUT2D eigenvalue weighted by atomic mass is 10.1. The van der Waals surface area contributed by atoms with Gasteiger partial charge in [0.25, 0.3) is 0 Å². The predicted molar refractivity (Wildman–Crippen MR) is 158 cm³/mol. The summed E-state index contributed by atoms with van der Waals surface area (Å²) in [6.45, 7) is 10.1. The average molecular weight is 500 g/mol. The Morgan fingerprint density at radius 2 is 1.03 bits per heavy atom. The summed E-state index contributed by atoms with van der Waals surface area (Å²) < 4.78 is 2.43. The van der Waals surface area contributed by atoms with Crippen LogP contribution >= 0.6 is 0 Å². The van der Waals surface area contributed by atoms with Crippen LogP contribution in [0.15, 0.2) is 36.4 Å². The number of aryl methyl sites for hydroxylation is 1. The van der Waals surface area contributed by atoms with E-state index >= 15 is 0 Å². The topological polar surface area (TPSA) is 45.4 Å². The lowest BCUT2D eigenvalue weighted by Gasteiger charge is -2.08. The minimum atomic E-state index is -1.03. The summed E-state index contributed by atoms with van der Waals surface area (Å²) in [7, 11) is 0. The fourth-order valence-electron chi connectivity index (χ4n) is 4.71. The van der Waals surface area contributed by atoms with Gasteiger partial charge in [0.1, 0.15) is 11.2 Å². The Morgan fingerprint density at radius 1 is 0.622 bits per heavy atom. The molecule has 0 saturated carbocycles. The van der Waals surface area contributed by atoms with Gasteiger partial charge in [-0.2, -0.15) is 0 Å². The molecule has 0 atom stereocenters. The summed E-state index contributed by atoms with van der Waals surface area (Å²) in [6.07, 6.45) is 13.3. The number of rotatable bonds is 11. The Bertz CT molecular complexity index is 1200. The van der Waals surface area contributed by atoms with Crippen molar-refractivity contribution in [2.45, 2.75) is 117 Å². The van der Waals surface area contributed by atoms with Gasteiger partial charge in [0.05, 0.1) is 0 Å². The van der Waals surface area contributed by atoms with Crippen LogP contribution in [0.2, 0.25) is 0 Å². The van der Waals surface area contributed by atoms with E-state index in [0.29, 0.717) is 0 Å². The molecule has 2 N–H and O–H groups in total. The van der Waals surface area contributed by atoms with Gasteiger partial charge in [-0.1, -0.05) is 88.4 Å². The minimum Gasteiger partial charge on any atom is -0.378 e. The number of fused-ring (bicyclic) bond motifs is 3. The predicted octanol–water partition coefficient (Wildman–Crippen LogP) is 7.96. The summed E-state index contributed by atoms with van der Waals surface area (Å²) in [4.78, 5) is 0. The van der Waals surface area contributed by atoms with Crippen LogP contribution in [-0.2, 0) is 6.54 Å². The maximum atomic E-state index is 10.0. The number of aromatic nitrogens is 1. The molecule has 0 unspecified atom stereocenters. The van der Waals surface area contributed by atoms with Crippen molar-refractivity contribution >= 4 is 21.8 Å². The average Bonchev–Trinajstić information content (AvgIpc) is 3.14. The lowest BCUT2D eigenvalue weighted by molar-refractivity contribution is 0.143. The van der Waals surface area contributed by atoms with E-state index in [2.05, 4.69) is 59.4 Å². The Balaban J connectivity index is 1.81. The van der Waals surface area contributed by atoms with Gasteiger partial charge < -0.3 is 14.8 Å². The highest BCUT2D eigenvalue weighted by atomic mass is 16.3. The number of aliphatic hydroxyl groups is 2. The third-order valence-electron chi connectivity index (χ3n) is 6.63. The van der Waals surface area contributed by atoms with Gasteiger partial charge in [-0.15, -0.1) is 0 Å². The Morgan fingerprint density at radius 3 is 1.43 bits per heavy atom. The Labute approximate surface area is 224 Å². The second-order valence-corrected chi connectivity index (χ2v) is 11.4. The molecule has 0 aliphatic heterocycles. The molecule has 1 aromatic heterocycles. The van der Waals surface area contributed by atoms with Gasteiger partial charge in [-0.05, 0) is 70.5 Å². The molecule has 1 heterocycles. The number of hydrogen-bond acceptors (Lipinski definition) is 2. The van der Waals surface area contributed by atoms with Crippen molar-refractivity contribution in [2.75, 3.05) is 0 Å². The molecule has 3 aromatic rings. The molecule has 0 radical (unpaired) electrons. The zero-order chi connectivity index (χ0) is 26.9. The van der Waals surface area contributed by atoms with Gasteiger partial charge in [-0.3, -0.25) is 0 Å². The van der Waals surface area contributed by atoms with Crippen molar-refractivity contribution in [3.05, 3.63) is 47.5 Å². The van der Waals surface area contributed by atoms with Crippen LogP contribution in [0.25, 0.3) is 21.8 Å². The molecule has 3 nitrogen and oxygen atoms in total. The van der Waals surface area contributed by atoms with Gasteiger partial charge in [-0.25, -0.2) is 0 Å². The second-order valence-electron chi connectivity index (χ2n) is 11.4. The molecule has 0 aliphatic carbocycles. The molecular weight excluding hydrogens is 454 g/mol. The smallest absolute Gasteiger partial charge is 0.120 e. The maximum Gasteiger partial charge on any atom is 0.120 e. The van der Waals surface area contributed by atoms with E-state index < -0.39 is 11.2 Å². The molecule has 0 aliphatic rings. The third kappa shape index (κ3) is 9.27. The highest BCUT2D eigenvalue weighted by Gasteiger charge is 2.13. The van der Waals surface area contributed by atoms with Crippen LogP contribution in [0.5, 0.6) is 0 Å². The largest absolute Gasteiger partial charge is 0.378 e. The van der Waals surface area contributed by atoms with Gasteiger partial charge >= 0.3 is 0 Å². The minimum absolute atomic E-state index is 0.889. The monoisotopic (exact) mass is 499 g/mol. The first-order valence-corrected chi connectivity index (χ1v) is 14.1. The van der Waals surface area contributed by atoms with Crippen molar-refractivity contribution < 1.29 is 10.2 Å². The second kappa shape index (κ2) is 13.2. The molecule has 3 rings (SSSR count). The highest BCUT2D eigenvalue weighted by Crippen LogP contribution is 2.31. The standard InChI is InChI=1S/C34H45NO2/c1-6-7-8-9-10-11-12-13-14-15-24-35-31-18-16-27(20-22-33(2,3)36)25-29(31)30-26-28(17-19-32(30)35)21-23-34(4,5)37/h16-19,25-26,36-37H,6-15,24H2,1-5H3. The van der Waals surface area contributed by atoms with Gasteiger partial charge in [0.15, 0.2) is 0 Å². The molecule has 0 amide bonds. The molecule has 198 valence electrons. The first-order chi connectivity index (χ1) is 17.6. The number of nitrogens with zero attached hydrogens (tertiary/aromatic N) is 1. The van der Waals surface area contributed by atoms with E-state index in [0.717, 1.165) is 34.9 Å². The van der Waals surface area contributed by atoms with E-state index in [1.807, 2.05) is 12.1 Å². The lowest BCUT2D eigenvalue weighted by Crippen LogP contribution is -2.14. The van der Waals surface area contributed by atoms with E-state index in [-0.39, 0.29) is 0 Å². The molecule has 3 heteroatoms. The number of unbranched alkanes of at least 4 members (excludes halogenated alkanes) is 9. The SMILES string of the molecule is CCCCCCCCCCCCn1c2ccc(C#CC(C)(C)O)cc2c2cc(C#CC(C)(C)O)ccc21. The van der Waals surface area contributed by atoms with Gasteiger partial charge in [0.2, 0.25) is 0 Å². The fourth-order valence-corrected chi connectivity index (χ4v) is 4.71. The highest BCUT2D eigenvalue weighted by molar-refractivity contribution is 6.09. The van der Waals surface area contributed by atoms with Crippen molar-refractivity contribution in [1.29, 1.82) is 0 Å². The van der Waals surface area contributed by atoms with Crippen LogP contribution in [0.3, 0.4) is 0 Å². The number of benzene rings is 2. The maximum absolute atomic E-state index is 10.0. The Hall–Kier alpha value is -2.72. The zero-order valence-electron chi connectivity index (χ0n) is 23.6. The summed E-state index contributed by atoms with van der Waals surface area (Å²) >= 11 is 0. The van der Waals surface area contributed by atoms with E-state index in [4.69, 9.17) is 0 Å². The van der Waals surface area contributed by atoms with Crippen molar-refractivity contribution in [1.82, 2.24) is 4.57 Å². The molecular formula is C34H45NO2. The quantitative estimate of drug-likeness (QED) is 0.208. The normalized spacial score (nSPS) is 11.9. The first kappa shape index (κ1) is 28.8. The van der Waals surface area contributed by atoms with E-state index in [1.54, 1.807) is 27.7 Å². The summed E-state index contributed by atoms with van der Waals surface area (Å²) in [5.74, 6) is 12.1.